The molecule has 0 spiro atoms. The number of ether oxygens (including phenoxy) is 2. The predicted octanol–water partition coefficient (Wildman–Crippen LogP) is 2.19. The number of amides is 1. The summed E-state index contributed by atoms with van der Waals surface area (Å²) in [5, 5.41) is 8.92. The van der Waals surface area contributed by atoms with Crippen molar-refractivity contribution in [3.05, 3.63) is 65.7 Å². The van der Waals surface area contributed by atoms with E-state index in [9.17, 15) is 14.4 Å². The molecule has 2 aromatic rings. The molecule has 0 fully saturated rings. The lowest BCUT2D eigenvalue weighted by Gasteiger charge is -2.19. The molecule has 0 aliphatic carbocycles. The number of carbonyl (C=O) groups excluding carboxylic acids is 3. The molecular formula is C19H16N2O5. The molecule has 0 aliphatic rings. The Morgan fingerprint density at radius 1 is 0.962 bits per heavy atom. The van der Waals surface area contributed by atoms with E-state index < -0.39 is 24.5 Å². The zero-order valence-corrected chi connectivity index (χ0v) is 14.0. The standard InChI is InChI=1S/C19H16N2O5/c1-25-18(23)15-9-5-6-10-16(15)19(24)26-13-17(22)21(12-11-20)14-7-3-2-4-8-14/h2-10H,12-13H2,1H3. The van der Waals surface area contributed by atoms with E-state index in [1.54, 1.807) is 42.5 Å². The fourth-order valence-electron chi connectivity index (χ4n) is 2.23. The van der Waals surface area contributed by atoms with Crippen LogP contribution in [0.1, 0.15) is 20.7 Å². The molecule has 0 atom stereocenters. The van der Waals surface area contributed by atoms with Crippen LogP contribution in [0.15, 0.2) is 54.6 Å². The minimum atomic E-state index is -0.829. The van der Waals surface area contributed by atoms with Gasteiger partial charge in [-0.15, -0.1) is 0 Å². The van der Waals surface area contributed by atoms with Crippen LogP contribution in [0.25, 0.3) is 0 Å². The highest BCUT2D eigenvalue weighted by Gasteiger charge is 2.21. The first-order valence-electron chi connectivity index (χ1n) is 7.65. The molecule has 132 valence electrons. The van der Waals surface area contributed by atoms with E-state index in [-0.39, 0.29) is 17.7 Å². The predicted molar refractivity (Wildman–Crippen MR) is 92.5 cm³/mol. The maximum Gasteiger partial charge on any atom is 0.339 e. The molecule has 1 amide bonds. The molecule has 7 heteroatoms. The van der Waals surface area contributed by atoms with Gasteiger partial charge < -0.3 is 9.47 Å². The molecule has 0 unspecified atom stereocenters. The molecule has 0 aliphatic heterocycles. The van der Waals surface area contributed by atoms with Gasteiger partial charge in [0.1, 0.15) is 6.54 Å². The SMILES string of the molecule is COC(=O)c1ccccc1C(=O)OCC(=O)N(CC#N)c1ccccc1. The summed E-state index contributed by atoms with van der Waals surface area (Å²) < 4.78 is 9.65. The second kappa shape index (κ2) is 8.99. The van der Waals surface area contributed by atoms with Gasteiger partial charge in [0.05, 0.1) is 24.3 Å². The van der Waals surface area contributed by atoms with Crippen molar-refractivity contribution in [3.63, 3.8) is 0 Å². The molecule has 0 N–H and O–H groups in total. The number of hydrogen-bond donors (Lipinski definition) is 0. The molecule has 0 radical (unpaired) electrons. The lowest BCUT2D eigenvalue weighted by molar-refractivity contribution is -0.121. The average molecular weight is 352 g/mol. The van der Waals surface area contributed by atoms with Crippen LogP contribution in [0, 0.1) is 11.3 Å². The Labute approximate surface area is 150 Å². The van der Waals surface area contributed by atoms with Crippen molar-refractivity contribution in [2.45, 2.75) is 0 Å². The van der Waals surface area contributed by atoms with E-state index >= 15 is 0 Å². The highest BCUT2D eigenvalue weighted by Crippen LogP contribution is 2.15. The van der Waals surface area contributed by atoms with E-state index in [1.807, 2.05) is 6.07 Å². The number of esters is 2. The Kier molecular flexibility index (Phi) is 6.46. The van der Waals surface area contributed by atoms with Gasteiger partial charge >= 0.3 is 11.9 Å². The van der Waals surface area contributed by atoms with Gasteiger partial charge in [0.15, 0.2) is 6.61 Å². The third-order valence-electron chi connectivity index (χ3n) is 3.48. The minimum absolute atomic E-state index is 0.00121. The molecule has 0 saturated heterocycles. The Bertz CT molecular complexity index is 843. The summed E-state index contributed by atoms with van der Waals surface area (Å²) in [6.07, 6.45) is 0. The van der Waals surface area contributed by atoms with E-state index in [2.05, 4.69) is 4.74 Å². The number of hydrogen-bond acceptors (Lipinski definition) is 6. The summed E-state index contributed by atoms with van der Waals surface area (Å²) in [6.45, 7) is -0.746. The first-order valence-corrected chi connectivity index (χ1v) is 7.65. The van der Waals surface area contributed by atoms with Gasteiger partial charge in [0.2, 0.25) is 0 Å². The lowest BCUT2D eigenvalue weighted by atomic mass is 10.1. The third kappa shape index (κ3) is 4.45. The van der Waals surface area contributed by atoms with Crippen LogP contribution in [-0.4, -0.2) is 38.1 Å². The van der Waals surface area contributed by atoms with Crippen molar-refractivity contribution in [3.8, 4) is 6.07 Å². The van der Waals surface area contributed by atoms with Gasteiger partial charge in [-0.2, -0.15) is 5.26 Å². The highest BCUT2D eigenvalue weighted by atomic mass is 16.5. The van der Waals surface area contributed by atoms with Crippen molar-refractivity contribution in [2.75, 3.05) is 25.2 Å². The summed E-state index contributed by atoms with van der Waals surface area (Å²) in [7, 11) is 1.20. The molecule has 0 saturated carbocycles. The van der Waals surface area contributed by atoms with Gasteiger partial charge in [-0.1, -0.05) is 30.3 Å². The summed E-state index contributed by atoms with van der Waals surface area (Å²) in [4.78, 5) is 37.5. The Morgan fingerprint density at radius 3 is 2.12 bits per heavy atom. The Hall–Kier alpha value is -3.66. The number of para-hydroxylation sites is 1. The van der Waals surface area contributed by atoms with Crippen LogP contribution in [0.5, 0.6) is 0 Å². The second-order valence-electron chi connectivity index (χ2n) is 5.09. The average Bonchev–Trinajstić information content (AvgIpc) is 2.70. The maximum absolute atomic E-state index is 12.4. The highest BCUT2D eigenvalue weighted by molar-refractivity contribution is 6.04. The van der Waals surface area contributed by atoms with Crippen LogP contribution in [-0.2, 0) is 14.3 Å². The number of anilines is 1. The fraction of sp³-hybridized carbons (Fsp3) is 0.158. The van der Waals surface area contributed by atoms with Gasteiger partial charge in [0.25, 0.3) is 5.91 Å². The largest absolute Gasteiger partial charge is 0.465 e. The number of nitrogens with zero attached hydrogens (tertiary/aromatic N) is 2. The Morgan fingerprint density at radius 2 is 1.54 bits per heavy atom. The maximum atomic E-state index is 12.4. The molecule has 0 aromatic heterocycles. The van der Waals surface area contributed by atoms with Crippen LogP contribution in [0.2, 0.25) is 0 Å². The summed E-state index contributed by atoms with van der Waals surface area (Å²) in [6, 6.07) is 16.5. The topological polar surface area (TPSA) is 96.7 Å². The third-order valence-corrected chi connectivity index (χ3v) is 3.48. The number of rotatable bonds is 6. The zero-order valence-electron chi connectivity index (χ0n) is 14.0. The normalized spacial score (nSPS) is 9.69. The van der Waals surface area contributed by atoms with Crippen molar-refractivity contribution in [1.82, 2.24) is 0 Å². The number of carbonyl (C=O) groups is 3. The molecule has 0 heterocycles. The molecule has 2 aromatic carbocycles. The van der Waals surface area contributed by atoms with Gasteiger partial charge in [-0.05, 0) is 24.3 Å². The monoisotopic (exact) mass is 352 g/mol. The molecule has 26 heavy (non-hydrogen) atoms. The minimum Gasteiger partial charge on any atom is -0.465 e. The van der Waals surface area contributed by atoms with Crippen LogP contribution in [0.3, 0.4) is 0 Å². The van der Waals surface area contributed by atoms with E-state index in [1.165, 1.54) is 24.1 Å². The molecule has 0 bridgehead atoms. The molecule has 2 rings (SSSR count). The first kappa shape index (κ1) is 18.7. The number of methoxy groups -OCH3 is 1. The van der Waals surface area contributed by atoms with Gasteiger partial charge in [-0.3, -0.25) is 9.69 Å². The fourth-order valence-corrected chi connectivity index (χ4v) is 2.23. The van der Waals surface area contributed by atoms with Crippen molar-refractivity contribution < 1.29 is 23.9 Å². The van der Waals surface area contributed by atoms with E-state index in [0.29, 0.717) is 5.69 Å². The van der Waals surface area contributed by atoms with Gasteiger partial charge in [0, 0.05) is 5.69 Å². The van der Waals surface area contributed by atoms with Gasteiger partial charge in [-0.25, -0.2) is 9.59 Å². The number of nitriles is 1. The molecular weight excluding hydrogens is 336 g/mol. The van der Waals surface area contributed by atoms with Crippen molar-refractivity contribution in [2.24, 2.45) is 0 Å². The van der Waals surface area contributed by atoms with E-state index in [0.717, 1.165) is 0 Å². The van der Waals surface area contributed by atoms with Crippen molar-refractivity contribution in [1.29, 1.82) is 5.26 Å². The number of benzene rings is 2. The quantitative estimate of drug-likeness (QED) is 0.584. The first-order chi connectivity index (χ1) is 12.6. The smallest absolute Gasteiger partial charge is 0.339 e. The Balaban J connectivity index is 2.10. The van der Waals surface area contributed by atoms with Crippen LogP contribution in [0.4, 0.5) is 5.69 Å². The molecule has 7 nitrogen and oxygen atoms in total. The van der Waals surface area contributed by atoms with Crippen LogP contribution >= 0.6 is 0 Å². The zero-order chi connectivity index (χ0) is 18.9. The van der Waals surface area contributed by atoms with E-state index in [4.69, 9.17) is 10.00 Å². The van der Waals surface area contributed by atoms with Crippen LogP contribution < -0.4 is 4.90 Å². The summed E-state index contributed by atoms with van der Waals surface area (Å²) in [5.41, 5.74) is 0.563. The van der Waals surface area contributed by atoms with Crippen molar-refractivity contribution >= 4 is 23.5 Å². The second-order valence-corrected chi connectivity index (χ2v) is 5.09. The summed E-state index contributed by atoms with van der Waals surface area (Å²) in [5.74, 6) is -2.06. The lowest BCUT2D eigenvalue weighted by Crippen LogP contribution is -2.35. The summed E-state index contributed by atoms with van der Waals surface area (Å²) >= 11 is 0.